The summed E-state index contributed by atoms with van der Waals surface area (Å²) in [5, 5.41) is 0. The molecule has 2 aromatic heterocycles. The Morgan fingerprint density at radius 2 is 2.00 bits per heavy atom. The Labute approximate surface area is 90.0 Å². The molecule has 2 heteroatoms. The second-order valence-corrected chi connectivity index (χ2v) is 4.69. The highest BCUT2D eigenvalue weighted by Gasteiger charge is 2.14. The molecule has 0 unspecified atom stereocenters. The lowest BCUT2D eigenvalue weighted by Crippen LogP contribution is -2.11. The maximum atomic E-state index is 5.05. The van der Waals surface area contributed by atoms with Crippen LogP contribution in [0.2, 0.25) is 0 Å². The largest absolute Gasteiger partial charge is 0.472 e. The molecular weight excluding hydrogens is 186 g/mol. The van der Waals surface area contributed by atoms with E-state index in [0.29, 0.717) is 0 Å². The van der Waals surface area contributed by atoms with Gasteiger partial charge in [-0.2, -0.15) is 0 Å². The Morgan fingerprint density at radius 3 is 2.60 bits per heavy atom. The molecule has 0 amide bonds. The van der Waals surface area contributed by atoms with Crippen LogP contribution in [0, 0.1) is 0 Å². The summed E-state index contributed by atoms with van der Waals surface area (Å²) in [6.07, 6.45) is 5.23. The van der Waals surface area contributed by atoms with Crippen LogP contribution in [0.1, 0.15) is 26.3 Å². The van der Waals surface area contributed by atoms with Gasteiger partial charge in [-0.1, -0.05) is 20.8 Å². The number of aromatic nitrogens is 1. The van der Waals surface area contributed by atoms with Gasteiger partial charge in [0.05, 0.1) is 18.2 Å². The Bertz CT molecular complexity index is 438. The first-order valence-electron chi connectivity index (χ1n) is 5.06. The van der Waals surface area contributed by atoms with Crippen molar-refractivity contribution in [2.24, 2.45) is 0 Å². The first kappa shape index (κ1) is 9.97. The molecule has 0 N–H and O–H groups in total. The van der Waals surface area contributed by atoms with Crippen LogP contribution < -0.4 is 0 Å². The van der Waals surface area contributed by atoms with E-state index in [1.54, 1.807) is 12.5 Å². The molecule has 15 heavy (non-hydrogen) atoms. The summed E-state index contributed by atoms with van der Waals surface area (Å²) in [6, 6.07) is 6.10. The number of furan rings is 1. The minimum atomic E-state index is 0.154. The summed E-state index contributed by atoms with van der Waals surface area (Å²) in [5.74, 6) is 0. The van der Waals surface area contributed by atoms with E-state index >= 15 is 0 Å². The van der Waals surface area contributed by atoms with Crippen molar-refractivity contribution in [1.82, 2.24) is 4.98 Å². The summed E-state index contributed by atoms with van der Waals surface area (Å²) in [7, 11) is 0. The molecule has 0 aromatic carbocycles. The first-order valence-corrected chi connectivity index (χ1v) is 5.06. The average Bonchev–Trinajstić information content (AvgIpc) is 2.69. The van der Waals surface area contributed by atoms with Gasteiger partial charge in [0, 0.05) is 11.8 Å². The van der Waals surface area contributed by atoms with E-state index in [0.717, 1.165) is 11.3 Å². The van der Waals surface area contributed by atoms with Crippen LogP contribution in [0.5, 0.6) is 0 Å². The predicted molar refractivity (Wildman–Crippen MR) is 60.6 cm³/mol. The van der Waals surface area contributed by atoms with Gasteiger partial charge in [-0.25, -0.2) is 0 Å². The molecular formula is C13H15NO. The van der Waals surface area contributed by atoms with Gasteiger partial charge in [0.2, 0.25) is 0 Å². The Morgan fingerprint density at radius 1 is 1.20 bits per heavy atom. The van der Waals surface area contributed by atoms with E-state index in [9.17, 15) is 0 Å². The molecule has 0 aliphatic rings. The molecule has 0 spiro atoms. The number of pyridine rings is 1. The summed E-state index contributed by atoms with van der Waals surface area (Å²) in [5.41, 5.74) is 3.44. The SMILES string of the molecule is CC(C)(C)c1ccnc(-c2ccoc2)c1. The molecule has 2 rings (SSSR count). The van der Waals surface area contributed by atoms with Gasteiger partial charge < -0.3 is 4.42 Å². The molecule has 0 saturated heterocycles. The normalized spacial score (nSPS) is 11.7. The second kappa shape index (κ2) is 3.54. The maximum absolute atomic E-state index is 5.05. The smallest absolute Gasteiger partial charge is 0.0996 e. The maximum Gasteiger partial charge on any atom is 0.0996 e. The van der Waals surface area contributed by atoms with Crippen LogP contribution in [0.15, 0.2) is 41.3 Å². The molecule has 0 fully saturated rings. The monoisotopic (exact) mass is 201 g/mol. The van der Waals surface area contributed by atoms with Crippen molar-refractivity contribution in [2.45, 2.75) is 26.2 Å². The third kappa shape index (κ3) is 2.09. The highest BCUT2D eigenvalue weighted by molar-refractivity contribution is 5.58. The lowest BCUT2D eigenvalue weighted by molar-refractivity contribution is 0.568. The van der Waals surface area contributed by atoms with Gasteiger partial charge in [-0.05, 0) is 29.2 Å². The summed E-state index contributed by atoms with van der Waals surface area (Å²) in [4.78, 5) is 4.34. The van der Waals surface area contributed by atoms with E-state index in [1.165, 1.54) is 5.56 Å². The van der Waals surface area contributed by atoms with Gasteiger partial charge in [0.1, 0.15) is 0 Å². The number of rotatable bonds is 1. The highest BCUT2D eigenvalue weighted by Crippen LogP contribution is 2.25. The molecule has 0 saturated carbocycles. The van der Waals surface area contributed by atoms with Crippen LogP contribution in [0.4, 0.5) is 0 Å². The fourth-order valence-corrected chi connectivity index (χ4v) is 1.47. The lowest BCUT2D eigenvalue weighted by Gasteiger charge is -2.19. The minimum Gasteiger partial charge on any atom is -0.472 e. The fraction of sp³-hybridized carbons (Fsp3) is 0.308. The van der Waals surface area contributed by atoms with Crippen molar-refractivity contribution in [3.8, 4) is 11.3 Å². The van der Waals surface area contributed by atoms with Crippen LogP contribution >= 0.6 is 0 Å². The third-order valence-electron chi connectivity index (χ3n) is 2.44. The van der Waals surface area contributed by atoms with E-state index in [-0.39, 0.29) is 5.41 Å². The molecule has 2 nitrogen and oxygen atoms in total. The topological polar surface area (TPSA) is 26.0 Å². The zero-order valence-corrected chi connectivity index (χ0v) is 9.32. The number of hydrogen-bond acceptors (Lipinski definition) is 2. The van der Waals surface area contributed by atoms with Gasteiger partial charge in [-0.15, -0.1) is 0 Å². The lowest BCUT2D eigenvalue weighted by atomic mass is 9.87. The van der Waals surface area contributed by atoms with E-state index < -0.39 is 0 Å². The van der Waals surface area contributed by atoms with E-state index in [2.05, 4.69) is 37.9 Å². The van der Waals surface area contributed by atoms with Crippen LogP contribution in [-0.2, 0) is 5.41 Å². The number of hydrogen-bond donors (Lipinski definition) is 0. The Hall–Kier alpha value is -1.57. The summed E-state index contributed by atoms with van der Waals surface area (Å²) in [6.45, 7) is 6.59. The standard InChI is InChI=1S/C13H15NO/c1-13(2,3)11-4-6-14-12(8-11)10-5-7-15-9-10/h4-9H,1-3H3. The molecule has 0 bridgehead atoms. The highest BCUT2D eigenvalue weighted by atomic mass is 16.3. The van der Waals surface area contributed by atoms with Gasteiger partial charge in [-0.3, -0.25) is 4.98 Å². The van der Waals surface area contributed by atoms with E-state index in [4.69, 9.17) is 4.42 Å². The van der Waals surface area contributed by atoms with Gasteiger partial charge >= 0.3 is 0 Å². The van der Waals surface area contributed by atoms with Crippen molar-refractivity contribution in [3.05, 3.63) is 42.5 Å². The predicted octanol–water partition coefficient (Wildman–Crippen LogP) is 3.64. The molecule has 2 heterocycles. The van der Waals surface area contributed by atoms with E-state index in [1.807, 2.05) is 12.3 Å². The van der Waals surface area contributed by atoms with Gasteiger partial charge in [0.25, 0.3) is 0 Å². The van der Waals surface area contributed by atoms with Crippen molar-refractivity contribution in [2.75, 3.05) is 0 Å². The van der Waals surface area contributed by atoms with Crippen LogP contribution in [0.25, 0.3) is 11.3 Å². The van der Waals surface area contributed by atoms with Gasteiger partial charge in [0.15, 0.2) is 0 Å². The van der Waals surface area contributed by atoms with Crippen molar-refractivity contribution in [1.29, 1.82) is 0 Å². The molecule has 2 aromatic rings. The Kier molecular flexibility index (Phi) is 2.35. The molecule has 78 valence electrons. The summed E-state index contributed by atoms with van der Waals surface area (Å²) < 4.78 is 5.05. The van der Waals surface area contributed by atoms with Crippen LogP contribution in [-0.4, -0.2) is 4.98 Å². The molecule has 0 atom stereocenters. The average molecular weight is 201 g/mol. The third-order valence-corrected chi connectivity index (χ3v) is 2.44. The summed E-state index contributed by atoms with van der Waals surface area (Å²) >= 11 is 0. The molecule has 0 aliphatic carbocycles. The quantitative estimate of drug-likeness (QED) is 0.704. The van der Waals surface area contributed by atoms with Crippen molar-refractivity contribution >= 4 is 0 Å². The molecule has 0 aliphatic heterocycles. The molecule has 0 radical (unpaired) electrons. The first-order chi connectivity index (χ1) is 7.07. The van der Waals surface area contributed by atoms with Crippen molar-refractivity contribution < 1.29 is 4.42 Å². The van der Waals surface area contributed by atoms with Crippen LogP contribution in [0.3, 0.4) is 0 Å². The Balaban J connectivity index is 2.44. The number of nitrogens with zero attached hydrogens (tertiary/aromatic N) is 1. The minimum absolute atomic E-state index is 0.154. The second-order valence-electron chi connectivity index (χ2n) is 4.69. The fourth-order valence-electron chi connectivity index (χ4n) is 1.47. The zero-order chi connectivity index (χ0) is 10.9. The van der Waals surface area contributed by atoms with Crippen molar-refractivity contribution in [3.63, 3.8) is 0 Å². The zero-order valence-electron chi connectivity index (χ0n) is 9.32.